The summed E-state index contributed by atoms with van der Waals surface area (Å²) >= 11 is 0. The third-order valence-electron chi connectivity index (χ3n) is 2.81. The molecule has 0 aliphatic carbocycles. The van der Waals surface area contributed by atoms with Gasteiger partial charge in [0.2, 0.25) is 12.7 Å². The van der Waals surface area contributed by atoms with Crippen molar-refractivity contribution in [2.75, 3.05) is 6.79 Å². The molecule has 2 heterocycles. The van der Waals surface area contributed by atoms with Gasteiger partial charge in [0.15, 0.2) is 11.5 Å². The predicted molar refractivity (Wildman–Crippen MR) is 67.5 cm³/mol. The molecule has 0 saturated heterocycles. The maximum atomic E-state index is 9.67. The number of hydrogen-bond donors (Lipinski definition) is 1. The second-order valence-corrected chi connectivity index (χ2v) is 4.19. The standard InChI is InChI=1S/C14H13NO4/c1-9(16)11-3-2-6-15-14(11)19-10-4-5-12-13(7-10)18-8-17-12/h2-7,9,16H,8H2,1H3/t9-/m1/s1. The van der Waals surface area contributed by atoms with Gasteiger partial charge in [-0.05, 0) is 31.2 Å². The molecule has 1 aliphatic rings. The second kappa shape index (κ2) is 4.78. The van der Waals surface area contributed by atoms with Crippen molar-refractivity contribution in [3.05, 3.63) is 42.1 Å². The molecule has 19 heavy (non-hydrogen) atoms. The number of hydrogen-bond acceptors (Lipinski definition) is 5. The summed E-state index contributed by atoms with van der Waals surface area (Å²) in [6.45, 7) is 1.89. The molecule has 0 saturated carbocycles. The van der Waals surface area contributed by atoms with Crippen LogP contribution in [0.4, 0.5) is 0 Å². The molecule has 2 aromatic rings. The fourth-order valence-electron chi connectivity index (χ4n) is 1.86. The van der Waals surface area contributed by atoms with E-state index in [1.54, 1.807) is 43.5 Å². The number of benzene rings is 1. The summed E-state index contributed by atoms with van der Waals surface area (Å²) in [4.78, 5) is 4.13. The van der Waals surface area contributed by atoms with Crippen molar-refractivity contribution < 1.29 is 19.3 Å². The SMILES string of the molecule is C[C@@H](O)c1cccnc1Oc1ccc2c(c1)OCO2. The fraction of sp³-hybridized carbons (Fsp3) is 0.214. The van der Waals surface area contributed by atoms with E-state index >= 15 is 0 Å². The second-order valence-electron chi connectivity index (χ2n) is 4.19. The Labute approximate surface area is 110 Å². The van der Waals surface area contributed by atoms with Crippen molar-refractivity contribution in [3.8, 4) is 23.1 Å². The van der Waals surface area contributed by atoms with Crippen LogP contribution in [0.5, 0.6) is 23.1 Å². The molecule has 1 atom stereocenters. The van der Waals surface area contributed by atoms with E-state index in [-0.39, 0.29) is 6.79 Å². The van der Waals surface area contributed by atoms with Crippen LogP contribution in [0.1, 0.15) is 18.6 Å². The highest BCUT2D eigenvalue weighted by Crippen LogP contribution is 2.37. The normalized spacial score (nSPS) is 14.2. The highest BCUT2D eigenvalue weighted by atomic mass is 16.7. The Bertz CT molecular complexity index is 598. The van der Waals surface area contributed by atoms with Crippen molar-refractivity contribution in [2.45, 2.75) is 13.0 Å². The third-order valence-corrected chi connectivity index (χ3v) is 2.81. The van der Waals surface area contributed by atoms with Crippen LogP contribution in [0.15, 0.2) is 36.5 Å². The van der Waals surface area contributed by atoms with Gasteiger partial charge in [-0.1, -0.05) is 0 Å². The van der Waals surface area contributed by atoms with E-state index in [4.69, 9.17) is 14.2 Å². The van der Waals surface area contributed by atoms with Gasteiger partial charge in [0.25, 0.3) is 0 Å². The van der Waals surface area contributed by atoms with Crippen molar-refractivity contribution in [1.29, 1.82) is 0 Å². The highest BCUT2D eigenvalue weighted by Gasteiger charge is 2.16. The zero-order valence-electron chi connectivity index (χ0n) is 10.4. The van der Waals surface area contributed by atoms with E-state index < -0.39 is 6.10 Å². The lowest BCUT2D eigenvalue weighted by molar-refractivity contribution is 0.174. The summed E-state index contributed by atoms with van der Waals surface area (Å²) in [7, 11) is 0. The molecule has 1 aromatic carbocycles. The van der Waals surface area contributed by atoms with Gasteiger partial charge in [-0.2, -0.15) is 0 Å². The molecule has 98 valence electrons. The van der Waals surface area contributed by atoms with Crippen LogP contribution in [0, 0.1) is 0 Å². The first-order chi connectivity index (χ1) is 9.24. The molecule has 0 fully saturated rings. The van der Waals surface area contributed by atoms with Crippen LogP contribution in [0.3, 0.4) is 0 Å². The largest absolute Gasteiger partial charge is 0.454 e. The minimum absolute atomic E-state index is 0.224. The Morgan fingerprint density at radius 3 is 2.95 bits per heavy atom. The average molecular weight is 259 g/mol. The van der Waals surface area contributed by atoms with Crippen molar-refractivity contribution in [1.82, 2.24) is 4.98 Å². The first kappa shape index (κ1) is 11.8. The summed E-state index contributed by atoms with van der Waals surface area (Å²) in [6, 6.07) is 8.83. The third kappa shape index (κ3) is 2.32. The Morgan fingerprint density at radius 1 is 1.26 bits per heavy atom. The predicted octanol–water partition coefficient (Wildman–Crippen LogP) is 2.66. The van der Waals surface area contributed by atoms with E-state index in [1.165, 1.54) is 0 Å². The van der Waals surface area contributed by atoms with Crippen molar-refractivity contribution >= 4 is 0 Å². The lowest BCUT2D eigenvalue weighted by Gasteiger charge is -2.11. The Morgan fingerprint density at radius 2 is 2.11 bits per heavy atom. The average Bonchev–Trinajstić information content (AvgIpc) is 2.86. The lowest BCUT2D eigenvalue weighted by atomic mass is 10.2. The molecule has 0 spiro atoms. The molecule has 0 radical (unpaired) electrons. The van der Waals surface area contributed by atoms with Crippen LogP contribution < -0.4 is 14.2 Å². The van der Waals surface area contributed by atoms with E-state index in [0.717, 1.165) is 0 Å². The molecule has 0 amide bonds. The first-order valence-corrected chi connectivity index (χ1v) is 5.94. The fourth-order valence-corrected chi connectivity index (χ4v) is 1.86. The molecule has 1 aromatic heterocycles. The summed E-state index contributed by atoms with van der Waals surface area (Å²) < 4.78 is 16.2. The monoisotopic (exact) mass is 259 g/mol. The van der Waals surface area contributed by atoms with Crippen LogP contribution in [0.2, 0.25) is 0 Å². The number of pyridine rings is 1. The summed E-state index contributed by atoms with van der Waals surface area (Å²) in [5.41, 5.74) is 0.639. The number of rotatable bonds is 3. The van der Waals surface area contributed by atoms with Crippen LogP contribution in [-0.2, 0) is 0 Å². The Hall–Kier alpha value is -2.27. The molecular formula is C14H13NO4. The zero-order valence-corrected chi connectivity index (χ0v) is 10.4. The van der Waals surface area contributed by atoms with Gasteiger partial charge in [-0.15, -0.1) is 0 Å². The topological polar surface area (TPSA) is 60.8 Å². The van der Waals surface area contributed by atoms with Gasteiger partial charge < -0.3 is 19.3 Å². The van der Waals surface area contributed by atoms with E-state index in [1.807, 2.05) is 0 Å². The quantitative estimate of drug-likeness (QED) is 0.918. The molecule has 5 heteroatoms. The van der Waals surface area contributed by atoms with Gasteiger partial charge in [0.05, 0.1) is 6.10 Å². The number of aromatic nitrogens is 1. The summed E-state index contributed by atoms with van der Waals surface area (Å²) in [5, 5.41) is 9.67. The summed E-state index contributed by atoms with van der Waals surface area (Å²) in [5.74, 6) is 2.32. The molecular weight excluding hydrogens is 246 g/mol. The van der Waals surface area contributed by atoms with Gasteiger partial charge >= 0.3 is 0 Å². The lowest BCUT2D eigenvalue weighted by Crippen LogP contribution is -1.98. The number of nitrogens with zero attached hydrogens (tertiary/aromatic N) is 1. The number of aliphatic hydroxyl groups is 1. The van der Waals surface area contributed by atoms with Crippen LogP contribution in [-0.4, -0.2) is 16.9 Å². The Kier molecular flexibility index (Phi) is 2.97. The summed E-state index contributed by atoms with van der Waals surface area (Å²) in [6.07, 6.45) is 0.978. The van der Waals surface area contributed by atoms with Crippen LogP contribution in [0.25, 0.3) is 0 Å². The number of aliphatic hydroxyl groups excluding tert-OH is 1. The maximum absolute atomic E-state index is 9.67. The molecule has 1 aliphatic heterocycles. The van der Waals surface area contributed by atoms with Gasteiger partial charge in [0, 0.05) is 17.8 Å². The Balaban J connectivity index is 1.89. The smallest absolute Gasteiger partial charge is 0.231 e. The molecule has 5 nitrogen and oxygen atoms in total. The maximum Gasteiger partial charge on any atom is 0.231 e. The number of ether oxygens (including phenoxy) is 3. The molecule has 0 bridgehead atoms. The van der Waals surface area contributed by atoms with E-state index in [2.05, 4.69) is 4.98 Å². The van der Waals surface area contributed by atoms with Crippen molar-refractivity contribution in [2.24, 2.45) is 0 Å². The molecule has 3 rings (SSSR count). The van der Waals surface area contributed by atoms with Crippen LogP contribution >= 0.6 is 0 Å². The number of fused-ring (bicyclic) bond motifs is 1. The van der Waals surface area contributed by atoms with Crippen molar-refractivity contribution in [3.63, 3.8) is 0 Å². The highest BCUT2D eigenvalue weighted by molar-refractivity contribution is 5.48. The minimum atomic E-state index is -0.641. The molecule has 1 N–H and O–H groups in total. The first-order valence-electron chi connectivity index (χ1n) is 5.94. The zero-order chi connectivity index (χ0) is 13.2. The molecule has 0 unspecified atom stereocenters. The van der Waals surface area contributed by atoms with E-state index in [0.29, 0.717) is 28.7 Å². The van der Waals surface area contributed by atoms with Gasteiger partial charge in [-0.25, -0.2) is 4.98 Å². The van der Waals surface area contributed by atoms with Gasteiger partial charge in [0.1, 0.15) is 5.75 Å². The minimum Gasteiger partial charge on any atom is -0.454 e. The van der Waals surface area contributed by atoms with Gasteiger partial charge in [-0.3, -0.25) is 0 Å². The van der Waals surface area contributed by atoms with E-state index in [9.17, 15) is 5.11 Å².